The fourth-order valence-corrected chi connectivity index (χ4v) is 0.886. The molecule has 0 radical (unpaired) electrons. The second kappa shape index (κ2) is 2.40. The van der Waals surface area contributed by atoms with Crippen LogP contribution in [0.3, 0.4) is 0 Å². The summed E-state index contributed by atoms with van der Waals surface area (Å²) in [7, 11) is 0. The molecule has 12 heavy (non-hydrogen) atoms. The Balaban J connectivity index is 2.70. The van der Waals surface area contributed by atoms with Crippen molar-refractivity contribution in [1.29, 1.82) is 0 Å². The summed E-state index contributed by atoms with van der Waals surface area (Å²) in [6, 6.07) is 0. The Labute approximate surface area is 66.4 Å². The zero-order chi connectivity index (χ0) is 8.55. The van der Waals surface area contributed by atoms with E-state index in [1.54, 1.807) is 0 Å². The first-order valence-electron chi connectivity index (χ1n) is 3.10. The summed E-state index contributed by atoms with van der Waals surface area (Å²) in [5, 5.41) is 17.2. The molecule has 0 aliphatic rings. The topological polar surface area (TPSA) is 87.3 Å². The second-order valence-electron chi connectivity index (χ2n) is 2.09. The van der Waals surface area contributed by atoms with Crippen LogP contribution in [0.5, 0.6) is 0 Å². The predicted octanol–water partition coefficient (Wildman–Crippen LogP) is -0.457. The lowest BCUT2D eigenvalue weighted by Crippen LogP contribution is -2.25. The van der Waals surface area contributed by atoms with E-state index >= 15 is 0 Å². The fraction of sp³-hybridized carbons (Fsp3) is 0. The maximum Gasteiger partial charge on any atom is 0.186 e. The standard InChI is InChI=1S/C5H5N5O2/c11-10(12)9-3-8-4-1-6-2-7-5(4)9/h1-3,11-12H. The minimum atomic E-state index is -0.0949. The first-order valence-corrected chi connectivity index (χ1v) is 3.10. The molecule has 0 amide bonds. The predicted molar refractivity (Wildman–Crippen MR) is 37.1 cm³/mol. The molecule has 0 saturated carbocycles. The van der Waals surface area contributed by atoms with Crippen LogP contribution >= 0.6 is 0 Å². The quantitative estimate of drug-likeness (QED) is 0.559. The summed E-state index contributed by atoms with van der Waals surface area (Å²) in [4.78, 5) is 11.3. The molecule has 2 rings (SSSR count). The van der Waals surface area contributed by atoms with Gasteiger partial charge in [-0.05, 0) is 5.34 Å². The Kier molecular flexibility index (Phi) is 1.39. The van der Waals surface area contributed by atoms with E-state index in [1.165, 1.54) is 18.9 Å². The monoisotopic (exact) mass is 167 g/mol. The molecule has 2 aromatic heterocycles. The Morgan fingerprint density at radius 3 is 2.92 bits per heavy atom. The Hall–Kier alpha value is -1.73. The van der Waals surface area contributed by atoms with Gasteiger partial charge in [0.05, 0.1) is 6.20 Å². The lowest BCUT2D eigenvalue weighted by Gasteiger charge is -2.06. The van der Waals surface area contributed by atoms with Gasteiger partial charge in [0.2, 0.25) is 0 Å². The van der Waals surface area contributed by atoms with Crippen LogP contribution in [0.2, 0.25) is 0 Å². The molecule has 0 aliphatic heterocycles. The molecule has 0 unspecified atom stereocenters. The molecule has 0 atom stereocenters. The van der Waals surface area contributed by atoms with E-state index < -0.39 is 0 Å². The van der Waals surface area contributed by atoms with Crippen LogP contribution < -0.4 is 5.34 Å². The highest BCUT2D eigenvalue weighted by Crippen LogP contribution is 2.05. The van der Waals surface area contributed by atoms with Crippen molar-refractivity contribution in [3.8, 4) is 0 Å². The van der Waals surface area contributed by atoms with Gasteiger partial charge in [0.1, 0.15) is 18.2 Å². The van der Waals surface area contributed by atoms with Crippen molar-refractivity contribution in [3.63, 3.8) is 0 Å². The van der Waals surface area contributed by atoms with Gasteiger partial charge in [0.25, 0.3) is 0 Å². The van der Waals surface area contributed by atoms with Crippen LogP contribution in [-0.2, 0) is 0 Å². The van der Waals surface area contributed by atoms with Gasteiger partial charge < -0.3 is 0 Å². The zero-order valence-electron chi connectivity index (χ0n) is 5.86. The van der Waals surface area contributed by atoms with Crippen LogP contribution in [0.15, 0.2) is 18.9 Å². The van der Waals surface area contributed by atoms with Gasteiger partial charge in [-0.1, -0.05) is 0 Å². The van der Waals surface area contributed by atoms with Gasteiger partial charge in [-0.3, -0.25) is 0 Å². The van der Waals surface area contributed by atoms with Gasteiger partial charge in [-0.2, -0.15) is 4.68 Å². The molecule has 7 heteroatoms. The molecule has 7 nitrogen and oxygen atoms in total. The number of rotatable bonds is 1. The minimum absolute atomic E-state index is 0.0949. The van der Waals surface area contributed by atoms with Crippen LogP contribution in [0.1, 0.15) is 0 Å². The molecule has 0 fully saturated rings. The number of hydrogen-bond acceptors (Lipinski definition) is 6. The minimum Gasteiger partial charge on any atom is -0.249 e. The van der Waals surface area contributed by atoms with Crippen molar-refractivity contribution in [1.82, 2.24) is 19.6 Å². The normalized spacial score (nSPS) is 10.5. The number of hydrogen-bond donors (Lipinski definition) is 2. The third kappa shape index (κ3) is 0.881. The van der Waals surface area contributed by atoms with E-state index in [-0.39, 0.29) is 5.34 Å². The van der Waals surface area contributed by atoms with Crippen molar-refractivity contribution in [2.24, 2.45) is 0 Å². The lowest BCUT2D eigenvalue weighted by molar-refractivity contribution is -0.0373. The Morgan fingerprint density at radius 1 is 1.33 bits per heavy atom. The number of nitrogens with zero attached hydrogens (tertiary/aromatic N) is 5. The lowest BCUT2D eigenvalue weighted by atomic mass is 10.6. The maximum absolute atomic E-state index is 8.66. The highest BCUT2D eigenvalue weighted by Gasteiger charge is 2.05. The van der Waals surface area contributed by atoms with Gasteiger partial charge in [-0.15, -0.1) is 0 Å². The molecule has 0 aromatic carbocycles. The average Bonchev–Trinajstić information content (AvgIpc) is 2.47. The summed E-state index contributed by atoms with van der Waals surface area (Å²) in [5.74, 6) is 0. The molecular weight excluding hydrogens is 162 g/mol. The molecule has 2 aromatic rings. The van der Waals surface area contributed by atoms with Gasteiger partial charge >= 0.3 is 0 Å². The van der Waals surface area contributed by atoms with Crippen molar-refractivity contribution < 1.29 is 10.4 Å². The molecule has 0 bridgehead atoms. The molecule has 62 valence electrons. The number of fused-ring (bicyclic) bond motifs is 1. The molecular formula is C5H5N5O2. The maximum atomic E-state index is 8.66. The molecule has 0 spiro atoms. The van der Waals surface area contributed by atoms with Crippen LogP contribution in [0.25, 0.3) is 11.2 Å². The number of imidazole rings is 1. The fourth-order valence-electron chi connectivity index (χ4n) is 0.886. The summed E-state index contributed by atoms with van der Waals surface area (Å²) >= 11 is 0. The van der Waals surface area contributed by atoms with Crippen molar-refractivity contribution >= 4 is 11.2 Å². The second-order valence-corrected chi connectivity index (χ2v) is 2.09. The molecule has 2 N–H and O–H groups in total. The summed E-state index contributed by atoms with van der Waals surface area (Å²) in [6.07, 6.45) is 3.99. The molecule has 0 aliphatic carbocycles. The van der Waals surface area contributed by atoms with E-state index in [0.29, 0.717) is 11.2 Å². The molecule has 0 saturated heterocycles. The summed E-state index contributed by atoms with van der Waals surface area (Å²) in [5.41, 5.74) is 0.820. The first-order chi connectivity index (χ1) is 5.79. The Morgan fingerprint density at radius 2 is 2.17 bits per heavy atom. The van der Waals surface area contributed by atoms with Crippen LogP contribution in [0, 0.1) is 0 Å². The largest absolute Gasteiger partial charge is 0.249 e. The van der Waals surface area contributed by atoms with Crippen molar-refractivity contribution in [3.05, 3.63) is 18.9 Å². The van der Waals surface area contributed by atoms with E-state index in [0.717, 1.165) is 4.68 Å². The third-order valence-electron chi connectivity index (χ3n) is 1.39. The van der Waals surface area contributed by atoms with Gasteiger partial charge in [-0.25, -0.2) is 25.4 Å². The first kappa shape index (κ1) is 6.95. The smallest absolute Gasteiger partial charge is 0.186 e. The highest BCUT2D eigenvalue weighted by molar-refractivity contribution is 5.68. The summed E-state index contributed by atoms with van der Waals surface area (Å²) < 4.78 is 0.969. The average molecular weight is 167 g/mol. The van der Waals surface area contributed by atoms with Crippen molar-refractivity contribution in [2.75, 3.05) is 5.34 Å². The van der Waals surface area contributed by atoms with Crippen LogP contribution in [-0.4, -0.2) is 30.0 Å². The highest BCUT2D eigenvalue weighted by atomic mass is 16.8. The SMILES string of the molecule is ON(O)n1cnc2cncnc21. The van der Waals surface area contributed by atoms with E-state index in [2.05, 4.69) is 15.0 Å². The third-order valence-corrected chi connectivity index (χ3v) is 1.39. The zero-order valence-corrected chi connectivity index (χ0v) is 5.86. The van der Waals surface area contributed by atoms with Crippen LogP contribution in [0.4, 0.5) is 0 Å². The number of aromatic nitrogens is 4. The van der Waals surface area contributed by atoms with Gasteiger partial charge in [0, 0.05) is 0 Å². The van der Waals surface area contributed by atoms with E-state index in [9.17, 15) is 0 Å². The summed E-state index contributed by atoms with van der Waals surface area (Å²) in [6.45, 7) is 0. The van der Waals surface area contributed by atoms with Crippen molar-refractivity contribution in [2.45, 2.75) is 0 Å². The Bertz CT molecular complexity index is 397. The molecule has 2 heterocycles. The van der Waals surface area contributed by atoms with E-state index in [4.69, 9.17) is 10.4 Å². The van der Waals surface area contributed by atoms with Gasteiger partial charge in [0.15, 0.2) is 5.65 Å². The van der Waals surface area contributed by atoms with E-state index in [1.807, 2.05) is 0 Å².